The lowest BCUT2D eigenvalue weighted by molar-refractivity contribution is 0.0190. The molecule has 0 spiro atoms. The number of fused-ring (bicyclic) bond motifs is 1. The third-order valence-corrected chi connectivity index (χ3v) is 5.81. The Kier molecular flexibility index (Phi) is 5.43. The maximum absolute atomic E-state index is 10.3. The van der Waals surface area contributed by atoms with Gasteiger partial charge in [-0.3, -0.25) is 0 Å². The number of rotatable bonds is 6. The van der Waals surface area contributed by atoms with Crippen molar-refractivity contribution in [1.82, 2.24) is 0 Å². The Morgan fingerprint density at radius 1 is 0.724 bits per heavy atom. The molecule has 2 aliphatic rings. The van der Waals surface area contributed by atoms with Gasteiger partial charge in [0, 0.05) is 11.8 Å². The molecule has 7 heteroatoms. The average molecular weight is 402 g/mol. The molecule has 2 aromatic rings. The molecule has 2 aliphatic heterocycles. The standard InChI is InChI=1S/C22H26O7/c1-24-17-6-5-12(8-18(17)25-2)20-14-10-29-21(15(14)11-28-20)13-7-16(23)22(27-4)19(9-13)26-3/h5-9,14-15,20-21,23H,10-11H2,1-4H3/t14-,15-,20+,21+/m0/s1. The first-order chi connectivity index (χ1) is 14.1. The Hall–Kier alpha value is -2.64. The van der Waals surface area contributed by atoms with Gasteiger partial charge in [-0.1, -0.05) is 6.07 Å². The molecule has 1 N–H and O–H groups in total. The van der Waals surface area contributed by atoms with E-state index in [-0.39, 0.29) is 29.8 Å². The Morgan fingerprint density at radius 3 is 1.90 bits per heavy atom. The highest BCUT2D eigenvalue weighted by atomic mass is 16.5. The van der Waals surface area contributed by atoms with Crippen LogP contribution in [0.4, 0.5) is 0 Å². The minimum absolute atomic E-state index is 0.0317. The van der Waals surface area contributed by atoms with E-state index in [9.17, 15) is 5.11 Å². The fourth-order valence-electron chi connectivity index (χ4n) is 4.39. The summed E-state index contributed by atoms with van der Waals surface area (Å²) in [4.78, 5) is 0. The predicted octanol–water partition coefficient (Wildman–Crippen LogP) is 3.50. The Bertz CT molecular complexity index is 882. The molecule has 2 fully saturated rings. The van der Waals surface area contributed by atoms with Crippen LogP contribution in [0.25, 0.3) is 0 Å². The number of phenolic OH excluding ortho intramolecular Hbond substituents is 1. The van der Waals surface area contributed by atoms with Crippen LogP contribution in [0.15, 0.2) is 30.3 Å². The highest BCUT2D eigenvalue weighted by molar-refractivity contribution is 5.53. The maximum Gasteiger partial charge on any atom is 0.203 e. The molecule has 0 saturated carbocycles. The fourth-order valence-corrected chi connectivity index (χ4v) is 4.39. The summed E-state index contributed by atoms with van der Waals surface area (Å²) < 4.78 is 33.7. The van der Waals surface area contributed by atoms with Crippen molar-refractivity contribution < 1.29 is 33.5 Å². The van der Waals surface area contributed by atoms with Gasteiger partial charge < -0.3 is 33.5 Å². The smallest absolute Gasteiger partial charge is 0.203 e. The number of aromatic hydroxyl groups is 1. The molecule has 2 aromatic carbocycles. The van der Waals surface area contributed by atoms with Gasteiger partial charge >= 0.3 is 0 Å². The summed E-state index contributed by atoms with van der Waals surface area (Å²) >= 11 is 0. The van der Waals surface area contributed by atoms with E-state index >= 15 is 0 Å². The largest absolute Gasteiger partial charge is 0.504 e. The lowest BCUT2D eigenvalue weighted by atomic mass is 9.84. The fraction of sp³-hybridized carbons (Fsp3) is 0.455. The Labute approximate surface area is 170 Å². The van der Waals surface area contributed by atoms with Gasteiger partial charge in [-0.05, 0) is 35.4 Å². The predicted molar refractivity (Wildman–Crippen MR) is 105 cm³/mol. The highest BCUT2D eigenvalue weighted by Gasteiger charge is 2.48. The summed E-state index contributed by atoms with van der Waals surface area (Å²) in [6.07, 6.45) is -0.269. The van der Waals surface area contributed by atoms with E-state index in [1.54, 1.807) is 27.4 Å². The molecule has 29 heavy (non-hydrogen) atoms. The molecule has 156 valence electrons. The van der Waals surface area contributed by atoms with Crippen molar-refractivity contribution in [2.45, 2.75) is 12.2 Å². The molecule has 0 radical (unpaired) electrons. The van der Waals surface area contributed by atoms with Crippen LogP contribution in [0.3, 0.4) is 0 Å². The summed E-state index contributed by atoms with van der Waals surface area (Å²) in [6.45, 7) is 1.15. The normalized spacial score (nSPS) is 25.5. The monoisotopic (exact) mass is 402 g/mol. The molecule has 2 heterocycles. The molecular formula is C22H26O7. The Morgan fingerprint density at radius 2 is 1.31 bits per heavy atom. The topological polar surface area (TPSA) is 75.6 Å². The second kappa shape index (κ2) is 8.00. The zero-order valence-corrected chi connectivity index (χ0v) is 17.0. The lowest BCUT2D eigenvalue weighted by Gasteiger charge is -2.19. The van der Waals surface area contributed by atoms with Crippen LogP contribution < -0.4 is 18.9 Å². The first-order valence-electron chi connectivity index (χ1n) is 9.51. The van der Waals surface area contributed by atoms with E-state index in [4.69, 9.17) is 28.4 Å². The summed E-state index contributed by atoms with van der Waals surface area (Å²) in [5.41, 5.74) is 1.89. The third kappa shape index (κ3) is 3.34. The lowest BCUT2D eigenvalue weighted by Crippen LogP contribution is -2.14. The highest BCUT2D eigenvalue weighted by Crippen LogP contribution is 2.52. The third-order valence-electron chi connectivity index (χ3n) is 5.81. The number of methoxy groups -OCH3 is 4. The molecule has 0 aromatic heterocycles. The molecular weight excluding hydrogens is 376 g/mol. The summed E-state index contributed by atoms with van der Waals surface area (Å²) in [5.74, 6) is 2.56. The summed E-state index contributed by atoms with van der Waals surface area (Å²) in [7, 11) is 6.29. The van der Waals surface area contributed by atoms with Crippen molar-refractivity contribution in [3.63, 3.8) is 0 Å². The summed E-state index contributed by atoms with van der Waals surface area (Å²) in [5, 5.41) is 10.3. The van der Waals surface area contributed by atoms with Gasteiger partial charge in [0.1, 0.15) is 0 Å². The van der Waals surface area contributed by atoms with Crippen molar-refractivity contribution in [3.05, 3.63) is 41.5 Å². The van der Waals surface area contributed by atoms with Crippen molar-refractivity contribution in [2.24, 2.45) is 11.8 Å². The molecule has 0 bridgehead atoms. The Balaban J connectivity index is 1.59. The van der Waals surface area contributed by atoms with E-state index in [0.717, 1.165) is 11.1 Å². The van der Waals surface area contributed by atoms with Crippen molar-refractivity contribution in [1.29, 1.82) is 0 Å². The minimum atomic E-state index is -0.184. The molecule has 7 nitrogen and oxygen atoms in total. The van der Waals surface area contributed by atoms with Crippen LogP contribution in [-0.2, 0) is 9.47 Å². The van der Waals surface area contributed by atoms with Crippen molar-refractivity contribution in [2.75, 3.05) is 41.7 Å². The maximum atomic E-state index is 10.3. The van der Waals surface area contributed by atoms with Crippen LogP contribution >= 0.6 is 0 Å². The van der Waals surface area contributed by atoms with Gasteiger partial charge in [0.15, 0.2) is 23.0 Å². The first kappa shape index (κ1) is 19.7. The SMILES string of the molecule is COc1ccc([C@H]2OC[C@H]3[C@@H]2CO[C@@H]3c2cc(O)c(OC)c(OC)c2)cc1OC. The van der Waals surface area contributed by atoms with E-state index in [1.807, 2.05) is 24.3 Å². The first-order valence-corrected chi connectivity index (χ1v) is 9.51. The number of hydrogen-bond donors (Lipinski definition) is 1. The number of ether oxygens (including phenoxy) is 6. The van der Waals surface area contributed by atoms with Gasteiger partial charge in [0.05, 0.1) is 53.9 Å². The van der Waals surface area contributed by atoms with E-state index in [0.29, 0.717) is 36.2 Å². The second-order valence-electron chi connectivity index (χ2n) is 7.23. The number of hydrogen-bond acceptors (Lipinski definition) is 7. The van der Waals surface area contributed by atoms with Crippen LogP contribution in [0.1, 0.15) is 23.3 Å². The van der Waals surface area contributed by atoms with Crippen LogP contribution in [0.5, 0.6) is 28.7 Å². The van der Waals surface area contributed by atoms with Crippen LogP contribution in [-0.4, -0.2) is 46.8 Å². The molecule has 4 rings (SSSR count). The van der Waals surface area contributed by atoms with Crippen LogP contribution in [0.2, 0.25) is 0 Å². The molecule has 0 aliphatic carbocycles. The van der Waals surface area contributed by atoms with Crippen molar-refractivity contribution >= 4 is 0 Å². The van der Waals surface area contributed by atoms with Crippen molar-refractivity contribution in [3.8, 4) is 28.7 Å². The van der Waals surface area contributed by atoms with Gasteiger partial charge in [-0.2, -0.15) is 0 Å². The van der Waals surface area contributed by atoms with E-state index in [1.165, 1.54) is 7.11 Å². The number of benzene rings is 2. The summed E-state index contributed by atoms with van der Waals surface area (Å²) in [6, 6.07) is 9.39. The quantitative estimate of drug-likeness (QED) is 0.792. The van der Waals surface area contributed by atoms with Gasteiger partial charge in [0.2, 0.25) is 5.75 Å². The second-order valence-corrected chi connectivity index (χ2v) is 7.23. The zero-order valence-electron chi connectivity index (χ0n) is 17.0. The molecule has 2 saturated heterocycles. The van der Waals surface area contributed by atoms with Gasteiger partial charge in [-0.25, -0.2) is 0 Å². The average Bonchev–Trinajstić information content (AvgIpc) is 3.34. The van der Waals surface area contributed by atoms with E-state index < -0.39 is 0 Å². The van der Waals surface area contributed by atoms with Gasteiger partial charge in [-0.15, -0.1) is 0 Å². The molecule has 4 atom stereocenters. The molecule has 0 unspecified atom stereocenters. The number of phenols is 1. The van der Waals surface area contributed by atoms with Crippen LogP contribution in [0, 0.1) is 11.8 Å². The molecule has 0 amide bonds. The van der Waals surface area contributed by atoms with E-state index in [2.05, 4.69) is 0 Å². The zero-order chi connectivity index (χ0) is 20.5. The van der Waals surface area contributed by atoms with Gasteiger partial charge in [0.25, 0.3) is 0 Å². The minimum Gasteiger partial charge on any atom is -0.504 e.